The second-order valence-electron chi connectivity index (χ2n) is 6.31. The summed E-state index contributed by atoms with van der Waals surface area (Å²) in [5.41, 5.74) is 1.30. The van der Waals surface area contributed by atoms with Crippen LogP contribution in [0.4, 0.5) is 10.8 Å². The molecule has 29 heavy (non-hydrogen) atoms. The number of thiophene rings is 1. The average Bonchev–Trinajstić information content (AvgIpc) is 3.15. The van der Waals surface area contributed by atoms with E-state index in [4.69, 9.17) is 4.74 Å². The lowest BCUT2D eigenvalue weighted by molar-refractivity contribution is -0.389. The van der Waals surface area contributed by atoms with Crippen LogP contribution in [0.3, 0.4) is 0 Å². The highest BCUT2D eigenvalue weighted by atomic mass is 32.1. The molecule has 0 radical (unpaired) electrons. The van der Waals surface area contributed by atoms with E-state index < -0.39 is 10.9 Å². The quantitative estimate of drug-likeness (QED) is 0.284. The Balaban J connectivity index is 2.06. The van der Waals surface area contributed by atoms with Crippen LogP contribution in [0.25, 0.3) is 0 Å². The van der Waals surface area contributed by atoms with Gasteiger partial charge in [-0.2, -0.15) is 4.68 Å². The molecule has 10 nitrogen and oxygen atoms in total. The summed E-state index contributed by atoms with van der Waals surface area (Å²) in [7, 11) is 0. The van der Waals surface area contributed by atoms with Crippen LogP contribution < -0.4 is 5.32 Å². The number of hydrogen-bond donors (Lipinski definition) is 1. The van der Waals surface area contributed by atoms with Gasteiger partial charge in [0.25, 0.3) is 0 Å². The number of rotatable bonds is 9. The number of esters is 1. The largest absolute Gasteiger partial charge is 0.462 e. The Labute approximate surface area is 171 Å². The highest BCUT2D eigenvalue weighted by molar-refractivity contribution is 7.18. The van der Waals surface area contributed by atoms with Crippen LogP contribution in [0.15, 0.2) is 6.07 Å². The van der Waals surface area contributed by atoms with Gasteiger partial charge in [0.05, 0.1) is 40.5 Å². The second-order valence-corrected chi connectivity index (χ2v) is 7.33. The molecule has 156 valence electrons. The molecular formula is C18H22N4O6S. The molecule has 0 saturated carbocycles. The first kappa shape index (κ1) is 22.2. The minimum atomic E-state index is -0.594. The summed E-state index contributed by atoms with van der Waals surface area (Å²) in [4.78, 5) is 47.0. The summed E-state index contributed by atoms with van der Waals surface area (Å²) in [6.45, 7) is 6.91. The topological polar surface area (TPSA) is 133 Å². The first-order valence-corrected chi connectivity index (χ1v) is 9.77. The molecule has 0 spiro atoms. The molecule has 0 aliphatic rings. The van der Waals surface area contributed by atoms with Crippen molar-refractivity contribution in [1.29, 1.82) is 0 Å². The lowest BCUT2D eigenvalue weighted by Crippen LogP contribution is -2.15. The predicted molar refractivity (Wildman–Crippen MR) is 106 cm³/mol. The monoisotopic (exact) mass is 422 g/mol. The molecular weight excluding hydrogens is 400 g/mol. The van der Waals surface area contributed by atoms with Crippen LogP contribution in [0.5, 0.6) is 0 Å². The van der Waals surface area contributed by atoms with Crippen LogP contribution in [0, 0.1) is 24.0 Å². The van der Waals surface area contributed by atoms with E-state index in [1.54, 1.807) is 20.8 Å². The van der Waals surface area contributed by atoms with Crippen molar-refractivity contribution in [2.45, 2.75) is 47.1 Å². The molecule has 2 heterocycles. The SMILES string of the molecule is CCOC(=O)c1c(NC(=O)CCCn2nc([N+](=O)[O-])cc2C)sc(C(C)=O)c1C. The number of nitro groups is 1. The van der Waals surface area contributed by atoms with Gasteiger partial charge in [-0.25, -0.2) is 4.79 Å². The molecule has 2 aromatic heterocycles. The molecule has 0 bridgehead atoms. The summed E-state index contributed by atoms with van der Waals surface area (Å²) >= 11 is 1.04. The van der Waals surface area contributed by atoms with Crippen molar-refractivity contribution in [2.24, 2.45) is 0 Å². The molecule has 1 N–H and O–H groups in total. The Morgan fingerprint density at radius 3 is 2.59 bits per heavy atom. The van der Waals surface area contributed by atoms with E-state index in [2.05, 4.69) is 10.4 Å². The third-order valence-electron chi connectivity index (χ3n) is 4.13. The van der Waals surface area contributed by atoms with Crippen molar-refractivity contribution in [2.75, 3.05) is 11.9 Å². The zero-order valence-electron chi connectivity index (χ0n) is 16.6. The lowest BCUT2D eigenvalue weighted by atomic mass is 10.1. The molecule has 0 fully saturated rings. The van der Waals surface area contributed by atoms with Crippen molar-refractivity contribution in [3.8, 4) is 0 Å². The van der Waals surface area contributed by atoms with Crippen LogP contribution in [0.1, 0.15) is 58.0 Å². The van der Waals surface area contributed by atoms with Crippen molar-refractivity contribution in [1.82, 2.24) is 9.78 Å². The van der Waals surface area contributed by atoms with Gasteiger partial charge in [0.2, 0.25) is 5.91 Å². The molecule has 0 aliphatic heterocycles. The summed E-state index contributed by atoms with van der Waals surface area (Å²) in [6, 6.07) is 1.36. The van der Waals surface area contributed by atoms with E-state index >= 15 is 0 Å². The molecule has 0 aliphatic carbocycles. The second kappa shape index (κ2) is 9.41. The van der Waals surface area contributed by atoms with Crippen LogP contribution in [-0.2, 0) is 16.1 Å². The Morgan fingerprint density at radius 1 is 1.34 bits per heavy atom. The maximum absolute atomic E-state index is 12.3. The summed E-state index contributed by atoms with van der Waals surface area (Å²) in [5, 5.41) is 17.6. The minimum Gasteiger partial charge on any atom is -0.462 e. The molecule has 1 amide bonds. The van der Waals surface area contributed by atoms with Gasteiger partial charge in [0, 0.05) is 6.42 Å². The Hall–Kier alpha value is -3.08. The fourth-order valence-electron chi connectivity index (χ4n) is 2.77. The fourth-order valence-corrected chi connectivity index (χ4v) is 3.88. The summed E-state index contributed by atoms with van der Waals surface area (Å²) in [6.07, 6.45) is 0.506. The number of Topliss-reactive ketones (excluding diaryl/α,β-unsaturated/α-hetero) is 1. The number of carbonyl (C=O) groups excluding carboxylic acids is 3. The third-order valence-corrected chi connectivity index (χ3v) is 5.44. The highest BCUT2D eigenvalue weighted by Gasteiger charge is 2.25. The van der Waals surface area contributed by atoms with Gasteiger partial charge in [-0.3, -0.25) is 9.59 Å². The van der Waals surface area contributed by atoms with Crippen molar-refractivity contribution < 1.29 is 24.0 Å². The number of nitrogens with zero attached hydrogens (tertiary/aromatic N) is 3. The van der Waals surface area contributed by atoms with Crippen molar-refractivity contribution in [3.63, 3.8) is 0 Å². The van der Waals surface area contributed by atoms with Gasteiger partial charge in [-0.15, -0.1) is 11.3 Å². The Kier molecular flexibility index (Phi) is 7.21. The van der Waals surface area contributed by atoms with E-state index in [9.17, 15) is 24.5 Å². The van der Waals surface area contributed by atoms with Gasteiger partial charge in [-0.1, -0.05) is 0 Å². The average molecular weight is 422 g/mol. The normalized spacial score (nSPS) is 10.6. The maximum Gasteiger partial charge on any atom is 0.390 e. The van der Waals surface area contributed by atoms with Gasteiger partial charge in [0.1, 0.15) is 5.00 Å². The van der Waals surface area contributed by atoms with Crippen LogP contribution in [0.2, 0.25) is 0 Å². The summed E-state index contributed by atoms with van der Waals surface area (Å²) < 4.78 is 6.51. The maximum atomic E-state index is 12.3. The van der Waals surface area contributed by atoms with Crippen LogP contribution >= 0.6 is 11.3 Å². The third kappa shape index (κ3) is 5.25. The van der Waals surface area contributed by atoms with Crippen molar-refractivity contribution in [3.05, 3.63) is 37.9 Å². The standard InChI is InChI=1S/C18H22N4O6S/c1-5-28-18(25)15-11(3)16(12(4)23)29-17(15)19-14(24)7-6-8-21-10(2)9-13(20-21)22(26)27/h9H,5-8H2,1-4H3,(H,19,24). The zero-order valence-corrected chi connectivity index (χ0v) is 17.4. The Bertz CT molecular complexity index is 962. The number of aromatic nitrogens is 2. The van der Waals surface area contributed by atoms with Crippen LogP contribution in [-0.4, -0.2) is 39.0 Å². The number of carbonyl (C=O) groups is 3. The number of amides is 1. The molecule has 2 rings (SSSR count). The molecule has 0 atom stereocenters. The van der Waals surface area contributed by atoms with Gasteiger partial charge in [0.15, 0.2) is 5.78 Å². The van der Waals surface area contributed by atoms with E-state index in [-0.39, 0.29) is 41.1 Å². The summed E-state index contributed by atoms with van der Waals surface area (Å²) in [5.74, 6) is -1.37. The zero-order chi connectivity index (χ0) is 21.7. The number of anilines is 1. The van der Waals surface area contributed by atoms with E-state index in [0.717, 1.165) is 11.3 Å². The predicted octanol–water partition coefficient (Wildman–Crippen LogP) is 3.27. The van der Waals surface area contributed by atoms with E-state index in [1.807, 2.05) is 0 Å². The highest BCUT2D eigenvalue weighted by Crippen LogP contribution is 2.34. The van der Waals surface area contributed by atoms with Gasteiger partial charge < -0.3 is 20.2 Å². The Morgan fingerprint density at radius 2 is 2.03 bits per heavy atom. The minimum absolute atomic E-state index is 0.113. The number of nitrogens with one attached hydrogen (secondary N) is 1. The van der Waals surface area contributed by atoms with E-state index in [0.29, 0.717) is 29.1 Å². The molecule has 0 unspecified atom stereocenters. The van der Waals surface area contributed by atoms with Gasteiger partial charge in [-0.05, 0) is 44.6 Å². The number of ketones is 1. The smallest absolute Gasteiger partial charge is 0.390 e. The number of aryl methyl sites for hydroxylation is 2. The fraction of sp³-hybridized carbons (Fsp3) is 0.444. The lowest BCUT2D eigenvalue weighted by Gasteiger charge is -2.07. The first-order valence-electron chi connectivity index (χ1n) is 8.95. The molecule has 11 heteroatoms. The number of hydrogen-bond acceptors (Lipinski definition) is 8. The number of ether oxygens (including phenoxy) is 1. The van der Waals surface area contributed by atoms with Crippen molar-refractivity contribution >= 4 is 39.8 Å². The van der Waals surface area contributed by atoms with E-state index in [1.165, 1.54) is 17.7 Å². The molecule has 2 aromatic rings. The molecule has 0 aromatic carbocycles. The molecule has 0 saturated heterocycles. The first-order chi connectivity index (χ1) is 13.6. The van der Waals surface area contributed by atoms with Gasteiger partial charge >= 0.3 is 11.8 Å².